The van der Waals surface area contributed by atoms with Gasteiger partial charge >= 0.3 is 0 Å². The van der Waals surface area contributed by atoms with Crippen LogP contribution in [0.5, 0.6) is 0 Å². The first-order valence-corrected chi connectivity index (χ1v) is 4.77. The summed E-state index contributed by atoms with van der Waals surface area (Å²) < 4.78 is 0. The molecule has 0 saturated carbocycles. The van der Waals surface area contributed by atoms with Gasteiger partial charge in [-0.15, -0.1) is 0 Å². The molecule has 4 nitrogen and oxygen atoms in total. The molecule has 1 heterocycles. The number of nitrogens with zero attached hydrogens (tertiary/aromatic N) is 2. The van der Waals surface area contributed by atoms with Crippen molar-refractivity contribution in [3.05, 3.63) is 30.1 Å². The molecule has 1 aromatic rings. The summed E-state index contributed by atoms with van der Waals surface area (Å²) in [5.74, 6) is 0. The molecular weight excluding hydrogens is 190 g/mol. The van der Waals surface area contributed by atoms with Gasteiger partial charge in [0, 0.05) is 17.9 Å². The summed E-state index contributed by atoms with van der Waals surface area (Å²) in [5, 5.41) is 21.2. The Bertz CT molecular complexity index is 343. The van der Waals surface area contributed by atoms with Gasteiger partial charge in [0.25, 0.3) is 0 Å². The maximum absolute atomic E-state index is 9.10. The molecule has 0 aromatic carbocycles. The first kappa shape index (κ1) is 11.6. The van der Waals surface area contributed by atoms with Crippen LogP contribution in [0.15, 0.2) is 24.5 Å². The molecule has 1 unspecified atom stereocenters. The summed E-state index contributed by atoms with van der Waals surface area (Å²) in [7, 11) is 0. The molecule has 1 aromatic heterocycles. The van der Waals surface area contributed by atoms with Gasteiger partial charge in [-0.1, -0.05) is 0 Å². The van der Waals surface area contributed by atoms with Crippen molar-refractivity contribution in [3.8, 4) is 6.07 Å². The van der Waals surface area contributed by atoms with Crippen molar-refractivity contribution in [1.29, 1.82) is 5.26 Å². The van der Waals surface area contributed by atoms with Crippen molar-refractivity contribution in [2.24, 2.45) is 0 Å². The number of hydrogen-bond donors (Lipinski definition) is 2. The van der Waals surface area contributed by atoms with Crippen LogP contribution in [0.4, 0.5) is 0 Å². The molecule has 0 radical (unpaired) electrons. The number of aliphatic hydroxyl groups excluding tert-OH is 1. The van der Waals surface area contributed by atoms with E-state index in [9.17, 15) is 0 Å². The Morgan fingerprint density at radius 3 is 2.60 bits per heavy atom. The van der Waals surface area contributed by atoms with E-state index < -0.39 is 11.6 Å². The number of nitrogens with one attached hydrogen (secondary N) is 1. The molecule has 0 aliphatic carbocycles. The molecule has 80 valence electrons. The number of hydrogen-bond acceptors (Lipinski definition) is 4. The lowest BCUT2D eigenvalue weighted by atomic mass is 10.0. The van der Waals surface area contributed by atoms with E-state index in [1.54, 1.807) is 24.5 Å². The van der Waals surface area contributed by atoms with E-state index in [1.165, 1.54) is 0 Å². The second-order valence-electron chi connectivity index (χ2n) is 4.03. The lowest BCUT2D eigenvalue weighted by molar-refractivity contribution is 0.182. The number of aromatic nitrogens is 1. The molecule has 0 fully saturated rings. The highest BCUT2D eigenvalue weighted by Crippen LogP contribution is 2.14. The first-order chi connectivity index (χ1) is 7.09. The van der Waals surface area contributed by atoms with Crippen molar-refractivity contribution >= 4 is 0 Å². The van der Waals surface area contributed by atoms with Crippen LogP contribution in [-0.2, 0) is 0 Å². The third-order valence-corrected chi connectivity index (χ3v) is 2.10. The number of pyridine rings is 1. The normalized spacial score (nSPS) is 13.2. The highest BCUT2D eigenvalue weighted by Gasteiger charge is 2.21. The molecule has 4 heteroatoms. The van der Waals surface area contributed by atoms with Gasteiger partial charge in [0.2, 0.25) is 0 Å². The van der Waals surface area contributed by atoms with Crippen LogP contribution in [-0.4, -0.2) is 22.2 Å². The highest BCUT2D eigenvalue weighted by molar-refractivity contribution is 5.21. The number of nitriles is 1. The van der Waals surface area contributed by atoms with E-state index >= 15 is 0 Å². The van der Waals surface area contributed by atoms with Crippen LogP contribution in [0.1, 0.15) is 25.5 Å². The molecule has 0 saturated heterocycles. The van der Waals surface area contributed by atoms with Gasteiger partial charge in [-0.05, 0) is 31.5 Å². The smallest absolute Gasteiger partial charge is 0.121 e. The molecule has 0 bridgehead atoms. The Kier molecular flexibility index (Phi) is 3.78. The summed E-state index contributed by atoms with van der Waals surface area (Å²) in [4.78, 5) is 3.89. The molecule has 15 heavy (non-hydrogen) atoms. The maximum atomic E-state index is 9.10. The Labute approximate surface area is 89.6 Å². The maximum Gasteiger partial charge on any atom is 0.121 e. The van der Waals surface area contributed by atoms with Gasteiger partial charge in [-0.25, -0.2) is 0 Å². The quantitative estimate of drug-likeness (QED) is 0.769. The van der Waals surface area contributed by atoms with Gasteiger partial charge in [0.15, 0.2) is 0 Å². The molecule has 1 rings (SSSR count). The van der Waals surface area contributed by atoms with Crippen LogP contribution in [0.25, 0.3) is 0 Å². The standard InChI is InChI=1S/C11H15N3O/c1-11(2,8-15)14-10(7-12)9-3-5-13-6-4-9/h3-6,10,14-15H,8H2,1-2H3. The minimum absolute atomic E-state index is 0.0176. The van der Waals surface area contributed by atoms with E-state index in [0.717, 1.165) is 5.56 Å². The average Bonchev–Trinajstić information content (AvgIpc) is 2.27. The number of rotatable bonds is 4. The van der Waals surface area contributed by atoms with E-state index in [4.69, 9.17) is 10.4 Å². The largest absolute Gasteiger partial charge is 0.394 e. The van der Waals surface area contributed by atoms with Crippen molar-refractivity contribution in [2.75, 3.05) is 6.61 Å². The van der Waals surface area contributed by atoms with E-state index in [1.807, 2.05) is 13.8 Å². The predicted molar refractivity (Wildman–Crippen MR) is 56.9 cm³/mol. The Balaban J connectivity index is 2.79. The predicted octanol–water partition coefficient (Wildman–Crippen LogP) is 1.01. The van der Waals surface area contributed by atoms with Gasteiger partial charge in [-0.3, -0.25) is 10.3 Å². The zero-order valence-corrected chi connectivity index (χ0v) is 8.94. The minimum Gasteiger partial charge on any atom is -0.394 e. The zero-order valence-electron chi connectivity index (χ0n) is 8.94. The number of aliphatic hydroxyl groups is 1. The topological polar surface area (TPSA) is 68.9 Å². The zero-order chi connectivity index (χ0) is 11.3. The highest BCUT2D eigenvalue weighted by atomic mass is 16.3. The van der Waals surface area contributed by atoms with Crippen LogP contribution in [0.3, 0.4) is 0 Å². The van der Waals surface area contributed by atoms with Gasteiger partial charge in [0.1, 0.15) is 6.04 Å². The molecule has 2 N–H and O–H groups in total. The lowest BCUT2D eigenvalue weighted by Crippen LogP contribution is -2.44. The van der Waals surface area contributed by atoms with Gasteiger partial charge in [-0.2, -0.15) is 5.26 Å². The Morgan fingerprint density at radius 2 is 2.13 bits per heavy atom. The summed E-state index contributed by atoms with van der Waals surface area (Å²) in [5.41, 5.74) is 0.387. The molecular formula is C11H15N3O. The van der Waals surface area contributed by atoms with Crippen LogP contribution < -0.4 is 5.32 Å². The fourth-order valence-corrected chi connectivity index (χ4v) is 1.18. The van der Waals surface area contributed by atoms with Crippen molar-refractivity contribution in [2.45, 2.75) is 25.4 Å². The van der Waals surface area contributed by atoms with Crippen molar-refractivity contribution in [1.82, 2.24) is 10.3 Å². The fourth-order valence-electron chi connectivity index (χ4n) is 1.18. The van der Waals surface area contributed by atoms with E-state index in [-0.39, 0.29) is 6.61 Å². The third kappa shape index (κ3) is 3.31. The Morgan fingerprint density at radius 1 is 1.53 bits per heavy atom. The lowest BCUT2D eigenvalue weighted by Gasteiger charge is -2.26. The monoisotopic (exact) mass is 205 g/mol. The van der Waals surface area contributed by atoms with Crippen molar-refractivity contribution in [3.63, 3.8) is 0 Å². The minimum atomic E-state index is -0.469. The molecule has 0 spiro atoms. The molecule has 1 atom stereocenters. The van der Waals surface area contributed by atoms with Gasteiger partial charge in [0.05, 0.1) is 12.7 Å². The third-order valence-electron chi connectivity index (χ3n) is 2.10. The Hall–Kier alpha value is -1.44. The second kappa shape index (κ2) is 4.87. The summed E-state index contributed by atoms with van der Waals surface area (Å²) in [6.45, 7) is 3.67. The average molecular weight is 205 g/mol. The molecule has 0 aliphatic rings. The van der Waals surface area contributed by atoms with E-state index in [0.29, 0.717) is 0 Å². The van der Waals surface area contributed by atoms with Crippen LogP contribution in [0, 0.1) is 11.3 Å². The van der Waals surface area contributed by atoms with E-state index in [2.05, 4.69) is 16.4 Å². The summed E-state index contributed by atoms with van der Waals surface area (Å²) in [6, 6.07) is 5.31. The van der Waals surface area contributed by atoms with Crippen LogP contribution in [0.2, 0.25) is 0 Å². The first-order valence-electron chi connectivity index (χ1n) is 4.77. The molecule has 0 aliphatic heterocycles. The van der Waals surface area contributed by atoms with Crippen LogP contribution >= 0.6 is 0 Å². The summed E-state index contributed by atoms with van der Waals surface area (Å²) >= 11 is 0. The fraction of sp³-hybridized carbons (Fsp3) is 0.455. The second-order valence-corrected chi connectivity index (χ2v) is 4.03. The van der Waals surface area contributed by atoms with Crippen molar-refractivity contribution < 1.29 is 5.11 Å². The van der Waals surface area contributed by atoms with Gasteiger partial charge < -0.3 is 5.11 Å². The SMILES string of the molecule is CC(C)(CO)NC(C#N)c1ccncc1. The summed E-state index contributed by atoms with van der Waals surface area (Å²) in [6.07, 6.45) is 3.29. The molecule has 0 amide bonds.